The number of H-pyrrole nitrogens is 2. The molecular weight excluding hydrogens is 350 g/mol. The van der Waals surface area contributed by atoms with Crippen molar-refractivity contribution < 1.29 is 9.47 Å². The summed E-state index contributed by atoms with van der Waals surface area (Å²) in [6.07, 6.45) is 1.71. The Balaban J connectivity index is 1.74. The Labute approximate surface area is 132 Å². The van der Waals surface area contributed by atoms with Crippen LogP contribution in [0, 0.1) is 0 Å². The molecule has 22 heavy (non-hydrogen) atoms. The monoisotopic (exact) mass is 359 g/mol. The van der Waals surface area contributed by atoms with Gasteiger partial charge in [0, 0.05) is 10.7 Å². The van der Waals surface area contributed by atoms with Gasteiger partial charge in [-0.15, -0.1) is 0 Å². The van der Waals surface area contributed by atoms with Gasteiger partial charge in [-0.1, -0.05) is 0 Å². The number of hydrogen-bond donors (Lipinski definition) is 2. The van der Waals surface area contributed by atoms with Gasteiger partial charge in [0.2, 0.25) is 6.79 Å². The number of aromatic amines is 2. The molecule has 2 N–H and O–H groups in total. The second-order valence-corrected chi connectivity index (χ2v) is 5.62. The Morgan fingerprint density at radius 2 is 2.00 bits per heavy atom. The number of nitrogens with one attached hydrogen (secondary N) is 2. The molecule has 2 heterocycles. The number of aliphatic imine (C=N–C) groups is 1. The van der Waals surface area contributed by atoms with Crippen molar-refractivity contribution in [2.24, 2.45) is 4.99 Å². The lowest BCUT2D eigenvalue weighted by Gasteiger charge is -2.03. The van der Waals surface area contributed by atoms with Crippen LogP contribution < -0.4 is 15.2 Å². The molecule has 0 aliphatic carbocycles. The lowest BCUT2D eigenvalue weighted by atomic mass is 10.2. The number of imidazole rings is 1. The smallest absolute Gasteiger partial charge is 0.323 e. The molecule has 110 valence electrons. The van der Waals surface area contributed by atoms with E-state index in [9.17, 15) is 4.79 Å². The molecule has 0 spiro atoms. The summed E-state index contributed by atoms with van der Waals surface area (Å²) in [7, 11) is 0. The Kier molecular flexibility index (Phi) is 3.00. The second kappa shape index (κ2) is 5.03. The maximum atomic E-state index is 11.3. The van der Waals surface area contributed by atoms with Gasteiger partial charge in [-0.25, -0.2) is 4.79 Å². The third-order valence-corrected chi connectivity index (χ3v) is 4.06. The fourth-order valence-electron chi connectivity index (χ4n) is 2.33. The first-order valence-corrected chi connectivity index (χ1v) is 7.34. The van der Waals surface area contributed by atoms with Gasteiger partial charge in [-0.05, 0) is 46.3 Å². The molecule has 0 radical (unpaired) electrons. The van der Waals surface area contributed by atoms with E-state index in [2.05, 4.69) is 30.9 Å². The molecule has 0 saturated carbocycles. The van der Waals surface area contributed by atoms with Gasteiger partial charge in [-0.2, -0.15) is 0 Å². The predicted octanol–water partition coefficient (Wildman–Crippen LogP) is 3.10. The van der Waals surface area contributed by atoms with Gasteiger partial charge in [-0.3, -0.25) is 4.99 Å². The van der Waals surface area contributed by atoms with E-state index in [-0.39, 0.29) is 12.5 Å². The highest BCUT2D eigenvalue weighted by Gasteiger charge is 2.18. The lowest BCUT2D eigenvalue weighted by molar-refractivity contribution is 0.174. The van der Waals surface area contributed by atoms with Crippen molar-refractivity contribution in [3.8, 4) is 11.5 Å². The summed E-state index contributed by atoms with van der Waals surface area (Å²) < 4.78 is 11.7. The van der Waals surface area contributed by atoms with Crippen LogP contribution in [0.4, 0.5) is 5.69 Å². The van der Waals surface area contributed by atoms with Crippen LogP contribution in [0.2, 0.25) is 0 Å². The van der Waals surface area contributed by atoms with Crippen LogP contribution in [-0.4, -0.2) is 23.0 Å². The summed E-state index contributed by atoms with van der Waals surface area (Å²) in [4.78, 5) is 21.1. The zero-order chi connectivity index (χ0) is 15.1. The second-order valence-electron chi connectivity index (χ2n) is 4.76. The number of fused-ring (bicyclic) bond motifs is 2. The van der Waals surface area contributed by atoms with Gasteiger partial charge in [0.05, 0.1) is 22.3 Å². The Morgan fingerprint density at radius 3 is 2.91 bits per heavy atom. The minimum atomic E-state index is -0.231. The van der Waals surface area contributed by atoms with Crippen LogP contribution in [0.15, 0.2) is 44.6 Å². The normalized spacial score (nSPS) is 13.3. The maximum absolute atomic E-state index is 11.3. The summed E-state index contributed by atoms with van der Waals surface area (Å²) in [6, 6.07) is 9.18. The Hall–Kier alpha value is -2.54. The highest BCUT2D eigenvalue weighted by atomic mass is 79.9. The van der Waals surface area contributed by atoms with Gasteiger partial charge >= 0.3 is 5.69 Å². The third kappa shape index (κ3) is 2.19. The molecule has 4 rings (SSSR count). The van der Waals surface area contributed by atoms with Crippen LogP contribution in [-0.2, 0) is 0 Å². The molecule has 0 unspecified atom stereocenters. The highest BCUT2D eigenvalue weighted by molar-refractivity contribution is 9.10. The molecule has 1 aliphatic rings. The number of nitrogens with zero attached hydrogens (tertiary/aromatic N) is 1. The van der Waals surface area contributed by atoms with Gasteiger partial charge in [0.1, 0.15) is 0 Å². The molecular formula is C15H10BrN3O3. The molecule has 1 aliphatic heterocycles. The topological polar surface area (TPSA) is 79.5 Å². The van der Waals surface area contributed by atoms with Crippen LogP contribution in [0.5, 0.6) is 11.5 Å². The molecule has 2 aromatic carbocycles. The van der Waals surface area contributed by atoms with E-state index in [1.54, 1.807) is 12.3 Å². The SMILES string of the molecule is O=c1[nH]c2ccc(/N=C/c3c(Br)ccc4c3OCO4)cc2[nH]1. The van der Waals surface area contributed by atoms with E-state index < -0.39 is 0 Å². The standard InChI is InChI=1S/C15H10BrN3O3/c16-10-2-4-13-14(22-7-21-13)9(10)6-17-8-1-3-11-12(5-8)19-15(20)18-11/h1-6H,7H2,(H2,18,19,20)/b17-6+. The number of ether oxygens (including phenoxy) is 2. The van der Waals surface area contributed by atoms with Crippen molar-refractivity contribution >= 4 is 38.9 Å². The van der Waals surface area contributed by atoms with Crippen LogP contribution in [0.3, 0.4) is 0 Å². The summed E-state index contributed by atoms with van der Waals surface area (Å²) in [5, 5.41) is 0. The number of halogens is 1. The number of hydrogen-bond acceptors (Lipinski definition) is 4. The minimum absolute atomic E-state index is 0.211. The molecule has 3 aromatic rings. The first-order chi connectivity index (χ1) is 10.7. The van der Waals surface area contributed by atoms with Crippen LogP contribution >= 0.6 is 15.9 Å². The first kappa shape index (κ1) is 13.1. The predicted molar refractivity (Wildman–Crippen MR) is 86.4 cm³/mol. The zero-order valence-electron chi connectivity index (χ0n) is 11.2. The molecule has 0 bridgehead atoms. The van der Waals surface area contributed by atoms with E-state index in [1.807, 2.05) is 24.3 Å². The average molecular weight is 360 g/mol. The largest absolute Gasteiger partial charge is 0.454 e. The van der Waals surface area contributed by atoms with Crippen molar-refractivity contribution in [2.45, 2.75) is 0 Å². The third-order valence-electron chi connectivity index (χ3n) is 3.37. The highest BCUT2D eigenvalue weighted by Crippen LogP contribution is 2.38. The van der Waals surface area contributed by atoms with Crippen molar-refractivity contribution in [3.63, 3.8) is 0 Å². The molecule has 0 amide bonds. The van der Waals surface area contributed by atoms with Crippen molar-refractivity contribution in [2.75, 3.05) is 6.79 Å². The molecule has 0 atom stereocenters. The van der Waals surface area contributed by atoms with E-state index in [0.717, 1.165) is 26.8 Å². The van der Waals surface area contributed by atoms with Crippen molar-refractivity contribution in [1.29, 1.82) is 0 Å². The lowest BCUT2D eigenvalue weighted by Crippen LogP contribution is -1.99. The Bertz CT molecular complexity index is 958. The average Bonchev–Trinajstić information content (AvgIpc) is 3.10. The first-order valence-electron chi connectivity index (χ1n) is 6.55. The van der Waals surface area contributed by atoms with Crippen LogP contribution in [0.1, 0.15) is 5.56 Å². The summed E-state index contributed by atoms with van der Waals surface area (Å²) in [6.45, 7) is 0.211. The Morgan fingerprint density at radius 1 is 1.14 bits per heavy atom. The number of rotatable bonds is 2. The minimum Gasteiger partial charge on any atom is -0.454 e. The van der Waals surface area contributed by atoms with E-state index in [1.165, 1.54) is 0 Å². The van der Waals surface area contributed by atoms with Gasteiger partial charge in [0.25, 0.3) is 0 Å². The fourth-order valence-corrected chi connectivity index (χ4v) is 2.74. The summed E-state index contributed by atoms with van der Waals surface area (Å²) >= 11 is 3.49. The summed E-state index contributed by atoms with van der Waals surface area (Å²) in [5.74, 6) is 1.38. The quantitative estimate of drug-likeness (QED) is 0.690. The number of benzene rings is 2. The van der Waals surface area contributed by atoms with E-state index >= 15 is 0 Å². The van der Waals surface area contributed by atoms with E-state index in [0.29, 0.717) is 11.5 Å². The molecule has 0 fully saturated rings. The molecule has 1 aromatic heterocycles. The fraction of sp³-hybridized carbons (Fsp3) is 0.0667. The van der Waals surface area contributed by atoms with Gasteiger partial charge < -0.3 is 19.4 Å². The van der Waals surface area contributed by atoms with E-state index in [4.69, 9.17) is 9.47 Å². The molecule has 7 heteroatoms. The molecule has 6 nitrogen and oxygen atoms in total. The zero-order valence-corrected chi connectivity index (χ0v) is 12.8. The van der Waals surface area contributed by atoms with Crippen molar-refractivity contribution in [1.82, 2.24) is 9.97 Å². The number of aromatic nitrogens is 2. The van der Waals surface area contributed by atoms with Gasteiger partial charge in [0.15, 0.2) is 11.5 Å². The van der Waals surface area contributed by atoms with Crippen LogP contribution in [0.25, 0.3) is 11.0 Å². The van der Waals surface area contributed by atoms with Crippen molar-refractivity contribution in [3.05, 3.63) is 50.9 Å². The molecule has 0 saturated heterocycles. The summed E-state index contributed by atoms with van der Waals surface area (Å²) in [5.41, 5.74) is 2.79. The maximum Gasteiger partial charge on any atom is 0.323 e.